The zero-order valence-electron chi connectivity index (χ0n) is 10.6. The first kappa shape index (κ1) is 12.8. The number of aromatic amines is 1. The molecule has 3 heterocycles. The lowest BCUT2D eigenvalue weighted by atomic mass is 10.1. The van der Waals surface area contributed by atoms with E-state index in [0.29, 0.717) is 18.1 Å². The van der Waals surface area contributed by atoms with Gasteiger partial charge in [0.05, 0.1) is 12.8 Å². The van der Waals surface area contributed by atoms with Gasteiger partial charge in [0.1, 0.15) is 5.39 Å². The number of pyridine rings is 1. The molecule has 102 valence electrons. The number of rotatable bonds is 5. The summed E-state index contributed by atoms with van der Waals surface area (Å²) in [6, 6.07) is 3.99. The van der Waals surface area contributed by atoms with Crippen molar-refractivity contribution in [1.82, 2.24) is 25.1 Å². The maximum atomic E-state index is 5.83. The Kier molecular flexibility index (Phi) is 3.73. The molecule has 0 aliphatic rings. The van der Waals surface area contributed by atoms with Gasteiger partial charge in [0, 0.05) is 12.4 Å². The highest BCUT2D eigenvalue weighted by Crippen LogP contribution is 2.22. The van der Waals surface area contributed by atoms with E-state index in [1.807, 2.05) is 12.1 Å². The Labute approximate surface area is 120 Å². The van der Waals surface area contributed by atoms with Crippen LogP contribution in [-0.4, -0.2) is 31.8 Å². The SMILES string of the molecule is Clc1nc(OCCCc2ccncc2)c2cn[nH]c2n1. The van der Waals surface area contributed by atoms with E-state index in [-0.39, 0.29) is 5.28 Å². The molecule has 0 amide bonds. The number of halogens is 1. The van der Waals surface area contributed by atoms with Crippen LogP contribution in [-0.2, 0) is 6.42 Å². The lowest BCUT2D eigenvalue weighted by molar-refractivity contribution is 0.303. The van der Waals surface area contributed by atoms with Crippen LogP contribution in [0.25, 0.3) is 11.0 Å². The summed E-state index contributed by atoms with van der Waals surface area (Å²) in [7, 11) is 0. The largest absolute Gasteiger partial charge is 0.477 e. The monoisotopic (exact) mass is 289 g/mol. The molecule has 6 nitrogen and oxygen atoms in total. The van der Waals surface area contributed by atoms with Gasteiger partial charge < -0.3 is 4.74 Å². The Balaban J connectivity index is 1.61. The Hall–Kier alpha value is -2.21. The van der Waals surface area contributed by atoms with Crippen molar-refractivity contribution >= 4 is 22.6 Å². The molecule has 3 aromatic heterocycles. The van der Waals surface area contributed by atoms with Crippen LogP contribution in [0.2, 0.25) is 5.28 Å². The van der Waals surface area contributed by atoms with E-state index in [1.54, 1.807) is 18.6 Å². The summed E-state index contributed by atoms with van der Waals surface area (Å²) in [6.07, 6.45) is 7.01. The van der Waals surface area contributed by atoms with E-state index < -0.39 is 0 Å². The Morgan fingerprint density at radius 3 is 2.90 bits per heavy atom. The van der Waals surface area contributed by atoms with Crippen LogP contribution in [0.15, 0.2) is 30.7 Å². The minimum absolute atomic E-state index is 0.144. The Morgan fingerprint density at radius 2 is 2.05 bits per heavy atom. The molecule has 0 aromatic carbocycles. The summed E-state index contributed by atoms with van der Waals surface area (Å²) in [5, 5.41) is 7.53. The first-order valence-corrected chi connectivity index (χ1v) is 6.59. The zero-order valence-corrected chi connectivity index (χ0v) is 11.3. The van der Waals surface area contributed by atoms with Crippen LogP contribution in [0.1, 0.15) is 12.0 Å². The molecule has 1 N–H and O–H groups in total. The summed E-state index contributed by atoms with van der Waals surface area (Å²) in [4.78, 5) is 12.1. The van der Waals surface area contributed by atoms with E-state index in [4.69, 9.17) is 16.3 Å². The van der Waals surface area contributed by atoms with Gasteiger partial charge in [-0.2, -0.15) is 15.1 Å². The average molecular weight is 290 g/mol. The van der Waals surface area contributed by atoms with Crippen LogP contribution < -0.4 is 4.74 Å². The van der Waals surface area contributed by atoms with E-state index >= 15 is 0 Å². The summed E-state index contributed by atoms with van der Waals surface area (Å²) in [5.74, 6) is 0.462. The molecule has 0 atom stereocenters. The number of aryl methyl sites for hydroxylation is 1. The van der Waals surface area contributed by atoms with Crippen molar-refractivity contribution in [1.29, 1.82) is 0 Å². The standard InChI is InChI=1S/C13H12ClN5O/c14-13-17-11-10(8-16-19-11)12(18-13)20-7-1-2-9-3-5-15-6-4-9/h3-6,8H,1-2,7H2,(H,16,17,18,19). The zero-order chi connectivity index (χ0) is 13.8. The number of nitrogens with one attached hydrogen (secondary N) is 1. The molecule has 0 unspecified atom stereocenters. The molecule has 0 spiro atoms. The smallest absolute Gasteiger partial charge is 0.229 e. The fourth-order valence-corrected chi connectivity index (χ4v) is 2.05. The normalized spacial score (nSPS) is 10.8. The summed E-state index contributed by atoms with van der Waals surface area (Å²) in [6.45, 7) is 0.552. The van der Waals surface area contributed by atoms with Crippen molar-refractivity contribution in [3.8, 4) is 5.88 Å². The number of aromatic nitrogens is 5. The van der Waals surface area contributed by atoms with Gasteiger partial charge in [-0.3, -0.25) is 10.1 Å². The van der Waals surface area contributed by atoms with E-state index in [1.165, 1.54) is 5.56 Å². The van der Waals surface area contributed by atoms with Crippen molar-refractivity contribution in [2.45, 2.75) is 12.8 Å². The minimum atomic E-state index is 0.144. The number of H-pyrrole nitrogens is 1. The van der Waals surface area contributed by atoms with E-state index in [0.717, 1.165) is 18.2 Å². The molecular formula is C13H12ClN5O. The molecule has 0 fully saturated rings. The van der Waals surface area contributed by atoms with Crippen LogP contribution in [0.3, 0.4) is 0 Å². The van der Waals surface area contributed by atoms with Gasteiger partial charge in [-0.25, -0.2) is 0 Å². The second-order valence-electron chi connectivity index (χ2n) is 4.24. The predicted octanol–water partition coefficient (Wildman–Crippen LogP) is 2.41. The average Bonchev–Trinajstić information content (AvgIpc) is 2.92. The third-order valence-electron chi connectivity index (χ3n) is 2.85. The molecular weight excluding hydrogens is 278 g/mol. The molecule has 0 bridgehead atoms. The molecule has 0 aliphatic heterocycles. The number of fused-ring (bicyclic) bond motifs is 1. The van der Waals surface area contributed by atoms with Crippen molar-refractivity contribution in [2.75, 3.05) is 6.61 Å². The number of hydrogen-bond donors (Lipinski definition) is 1. The van der Waals surface area contributed by atoms with Crippen molar-refractivity contribution < 1.29 is 4.74 Å². The molecule has 7 heteroatoms. The quantitative estimate of drug-likeness (QED) is 0.576. The first-order chi connectivity index (χ1) is 9.83. The van der Waals surface area contributed by atoms with Gasteiger partial charge in [-0.1, -0.05) is 0 Å². The van der Waals surface area contributed by atoms with Gasteiger partial charge in [0.15, 0.2) is 5.65 Å². The number of hydrogen-bond acceptors (Lipinski definition) is 5. The molecule has 0 aliphatic carbocycles. The Morgan fingerprint density at radius 1 is 1.20 bits per heavy atom. The molecule has 0 saturated carbocycles. The van der Waals surface area contributed by atoms with E-state index in [2.05, 4.69) is 25.1 Å². The second kappa shape index (κ2) is 5.83. The summed E-state index contributed by atoms with van der Waals surface area (Å²) in [5.41, 5.74) is 1.81. The molecule has 3 aromatic rings. The summed E-state index contributed by atoms with van der Waals surface area (Å²) < 4.78 is 5.67. The van der Waals surface area contributed by atoms with Gasteiger partial charge in [0.2, 0.25) is 11.2 Å². The van der Waals surface area contributed by atoms with Gasteiger partial charge >= 0.3 is 0 Å². The fourth-order valence-electron chi connectivity index (χ4n) is 1.89. The third kappa shape index (κ3) is 2.85. The van der Waals surface area contributed by atoms with Gasteiger partial charge in [-0.05, 0) is 42.1 Å². The van der Waals surface area contributed by atoms with Crippen molar-refractivity contribution in [3.05, 3.63) is 41.6 Å². The van der Waals surface area contributed by atoms with Crippen LogP contribution in [0, 0.1) is 0 Å². The molecule has 3 rings (SSSR count). The van der Waals surface area contributed by atoms with Crippen molar-refractivity contribution in [2.24, 2.45) is 0 Å². The highest BCUT2D eigenvalue weighted by molar-refractivity contribution is 6.28. The number of nitrogens with zero attached hydrogens (tertiary/aromatic N) is 4. The molecule has 0 saturated heterocycles. The fraction of sp³-hybridized carbons (Fsp3) is 0.231. The van der Waals surface area contributed by atoms with Crippen molar-refractivity contribution in [3.63, 3.8) is 0 Å². The van der Waals surface area contributed by atoms with E-state index in [9.17, 15) is 0 Å². The molecule has 0 radical (unpaired) electrons. The van der Waals surface area contributed by atoms with Crippen LogP contribution >= 0.6 is 11.6 Å². The second-order valence-corrected chi connectivity index (χ2v) is 4.58. The lowest BCUT2D eigenvalue weighted by Gasteiger charge is -2.06. The van der Waals surface area contributed by atoms with Gasteiger partial charge in [0.25, 0.3) is 0 Å². The minimum Gasteiger partial charge on any atom is -0.477 e. The third-order valence-corrected chi connectivity index (χ3v) is 3.01. The number of ether oxygens (including phenoxy) is 1. The Bertz CT molecular complexity index is 700. The first-order valence-electron chi connectivity index (χ1n) is 6.21. The lowest BCUT2D eigenvalue weighted by Crippen LogP contribution is -2.02. The van der Waals surface area contributed by atoms with Crippen LogP contribution in [0.4, 0.5) is 0 Å². The maximum Gasteiger partial charge on any atom is 0.229 e. The highest BCUT2D eigenvalue weighted by atomic mass is 35.5. The topological polar surface area (TPSA) is 76.6 Å². The highest BCUT2D eigenvalue weighted by Gasteiger charge is 2.09. The predicted molar refractivity (Wildman–Crippen MR) is 74.7 cm³/mol. The van der Waals surface area contributed by atoms with Gasteiger partial charge in [-0.15, -0.1) is 0 Å². The van der Waals surface area contributed by atoms with Crippen LogP contribution in [0.5, 0.6) is 5.88 Å². The summed E-state index contributed by atoms with van der Waals surface area (Å²) >= 11 is 5.83. The maximum absolute atomic E-state index is 5.83. The molecule has 20 heavy (non-hydrogen) atoms.